The Bertz CT molecular complexity index is 1340. The van der Waals surface area contributed by atoms with Gasteiger partial charge in [0.25, 0.3) is 11.6 Å². The van der Waals surface area contributed by atoms with Gasteiger partial charge in [0.05, 0.1) is 24.4 Å². The molecule has 6 rings (SSSR count). The lowest BCUT2D eigenvalue weighted by Gasteiger charge is -2.56. The minimum atomic E-state index is -2.43. The van der Waals surface area contributed by atoms with Crippen molar-refractivity contribution in [1.82, 2.24) is 14.4 Å². The smallest absolute Gasteiger partial charge is 0.279 e. The van der Waals surface area contributed by atoms with Crippen molar-refractivity contribution in [3.63, 3.8) is 0 Å². The maximum absolute atomic E-state index is 14.0. The Morgan fingerprint density at radius 3 is 2.68 bits per heavy atom. The number of benzene rings is 1. The van der Waals surface area contributed by atoms with Crippen molar-refractivity contribution in [3.05, 3.63) is 41.1 Å². The molecule has 2 fully saturated rings. The molecule has 5 atom stereocenters. The van der Waals surface area contributed by atoms with E-state index in [1.165, 1.54) is 9.80 Å². The number of hydrogen-bond donors (Lipinski definition) is 2. The molecule has 1 aromatic heterocycles. The fraction of sp³-hybridized carbons (Fsp3) is 0.556. The molecule has 2 unspecified atom stereocenters. The summed E-state index contributed by atoms with van der Waals surface area (Å²) in [6.07, 6.45) is 0.922. The minimum Gasteiger partial charge on any atom is -0.497 e. The molecule has 10 nitrogen and oxygen atoms in total. The van der Waals surface area contributed by atoms with Gasteiger partial charge in [-0.05, 0) is 58.7 Å². The summed E-state index contributed by atoms with van der Waals surface area (Å²) in [5, 5.41) is 24.6. The minimum absolute atomic E-state index is 0.232. The molecule has 0 spiro atoms. The largest absolute Gasteiger partial charge is 0.497 e. The molecule has 10 heteroatoms. The summed E-state index contributed by atoms with van der Waals surface area (Å²) in [7, 11) is 1.57. The monoisotopic (exact) mass is 511 g/mol. The summed E-state index contributed by atoms with van der Waals surface area (Å²) in [6, 6.07) is 3.99. The van der Waals surface area contributed by atoms with Crippen LogP contribution in [-0.2, 0) is 19.4 Å². The lowest BCUT2D eigenvalue weighted by atomic mass is 9.79. The second-order valence-electron chi connectivity index (χ2n) is 11.3. The average Bonchev–Trinajstić information content (AvgIpc) is 3.46. The zero-order valence-electron chi connectivity index (χ0n) is 21.7. The quantitative estimate of drug-likeness (QED) is 0.471. The third-order valence-corrected chi connectivity index (χ3v) is 8.08. The Labute approximate surface area is 214 Å². The number of hydrogen-bond acceptors (Lipinski definition) is 7. The van der Waals surface area contributed by atoms with Crippen LogP contribution in [0.25, 0.3) is 10.9 Å². The zero-order valence-corrected chi connectivity index (χ0v) is 21.7. The number of aliphatic hydroxyl groups excluding tert-OH is 1. The number of nitrogens with zero attached hydrogens (tertiary/aromatic N) is 3. The van der Waals surface area contributed by atoms with Gasteiger partial charge >= 0.3 is 0 Å². The number of fused-ring (bicyclic) bond motifs is 6. The Balaban J connectivity index is 1.71. The number of aliphatic hydroxyl groups is 2. The normalized spacial score (nSPS) is 32.4. The summed E-state index contributed by atoms with van der Waals surface area (Å²) < 4.78 is 7.38. The Morgan fingerprint density at radius 1 is 1.22 bits per heavy atom. The predicted molar refractivity (Wildman–Crippen MR) is 132 cm³/mol. The van der Waals surface area contributed by atoms with Crippen molar-refractivity contribution < 1.29 is 34.3 Å². The van der Waals surface area contributed by atoms with E-state index in [1.54, 1.807) is 19.2 Å². The highest BCUT2D eigenvalue weighted by Crippen LogP contribution is 2.55. The van der Waals surface area contributed by atoms with Crippen LogP contribution < -0.4 is 4.74 Å². The lowest BCUT2D eigenvalue weighted by molar-refractivity contribution is -0.390. The van der Waals surface area contributed by atoms with Gasteiger partial charge in [0.15, 0.2) is 6.23 Å². The van der Waals surface area contributed by atoms with Crippen LogP contribution in [0.3, 0.4) is 0 Å². The molecule has 0 aliphatic carbocycles. The molecule has 1 aromatic carbocycles. The summed E-state index contributed by atoms with van der Waals surface area (Å²) in [4.78, 5) is 42.4. The van der Waals surface area contributed by atoms with Crippen molar-refractivity contribution >= 4 is 22.7 Å². The van der Waals surface area contributed by atoms with Crippen LogP contribution in [0.1, 0.15) is 76.6 Å². The van der Waals surface area contributed by atoms with Gasteiger partial charge in [-0.1, -0.05) is 5.57 Å². The number of amides is 2. The van der Waals surface area contributed by atoms with Crippen molar-refractivity contribution in [2.45, 2.75) is 82.7 Å². The maximum Gasteiger partial charge on any atom is 0.279 e. The van der Waals surface area contributed by atoms with Gasteiger partial charge in [-0.25, -0.2) is 9.78 Å². The standard InChI is InChI=1S/C27H33N3O7/c1-14(2)11-20-29-18-12-15(35-5)8-9-16(18)21-22(29)19(13-26(3,4)37-36-20)30-24(32)17-7-6-10-28(17)25(33)27(30,34)23(21)31/h8-9,11-12,17,19-20,23,31,34H,6-7,10,13H2,1-5H3/t17?,19-,20?,23-,27+/m0/s1. The molecule has 2 N–H and O–H groups in total. The molecule has 4 aliphatic rings. The maximum atomic E-state index is 14.0. The highest BCUT2D eigenvalue weighted by Gasteiger charge is 2.66. The van der Waals surface area contributed by atoms with Crippen molar-refractivity contribution in [3.8, 4) is 5.75 Å². The molecule has 2 saturated heterocycles. The fourth-order valence-electron chi connectivity index (χ4n) is 6.54. The van der Waals surface area contributed by atoms with E-state index < -0.39 is 41.6 Å². The number of allylic oxidation sites excluding steroid dienone is 1. The molecule has 0 saturated carbocycles. The molecule has 0 bridgehead atoms. The van der Waals surface area contributed by atoms with Crippen molar-refractivity contribution in [2.24, 2.45) is 0 Å². The summed E-state index contributed by atoms with van der Waals surface area (Å²) in [6.45, 7) is 7.95. The van der Waals surface area contributed by atoms with Crippen molar-refractivity contribution in [2.75, 3.05) is 13.7 Å². The second-order valence-corrected chi connectivity index (χ2v) is 11.3. The van der Waals surface area contributed by atoms with Gasteiger partial charge in [-0.15, -0.1) is 0 Å². The van der Waals surface area contributed by atoms with E-state index in [0.717, 1.165) is 5.57 Å². The van der Waals surface area contributed by atoms with Crippen LogP contribution in [0.4, 0.5) is 0 Å². The first-order chi connectivity index (χ1) is 17.5. The van der Waals surface area contributed by atoms with Crippen LogP contribution in [0.2, 0.25) is 0 Å². The van der Waals surface area contributed by atoms with E-state index in [-0.39, 0.29) is 12.3 Å². The summed E-state index contributed by atoms with van der Waals surface area (Å²) in [5.41, 5.74) is -0.644. The average molecular weight is 512 g/mol. The number of piperazine rings is 1. The molecule has 37 heavy (non-hydrogen) atoms. The van der Waals surface area contributed by atoms with Gasteiger partial charge < -0.3 is 24.4 Å². The lowest BCUT2D eigenvalue weighted by Crippen LogP contribution is -2.74. The van der Waals surface area contributed by atoms with Gasteiger partial charge in [-0.3, -0.25) is 14.5 Å². The Morgan fingerprint density at radius 2 is 1.97 bits per heavy atom. The number of carbonyl (C=O) groups excluding carboxylic acids is 2. The summed E-state index contributed by atoms with van der Waals surface area (Å²) in [5.74, 6) is -0.409. The van der Waals surface area contributed by atoms with E-state index in [4.69, 9.17) is 14.5 Å². The Kier molecular flexibility index (Phi) is 5.30. The number of aromatic nitrogens is 1. The van der Waals surface area contributed by atoms with E-state index in [0.29, 0.717) is 47.3 Å². The highest BCUT2D eigenvalue weighted by molar-refractivity contribution is 6.01. The molecule has 4 aliphatic heterocycles. The molecule has 2 amide bonds. The van der Waals surface area contributed by atoms with Crippen LogP contribution in [0.5, 0.6) is 5.75 Å². The van der Waals surface area contributed by atoms with E-state index >= 15 is 0 Å². The van der Waals surface area contributed by atoms with Gasteiger partial charge in [-0.2, -0.15) is 0 Å². The SMILES string of the molecule is COc1ccc2c3c4n(c2c1)C(C=C(C)C)OOC(C)(C)C[C@@H]4N1C(=O)C2CCCN2C(=O)[C@]1(O)[C@H]3O. The number of carbonyl (C=O) groups is 2. The molecule has 198 valence electrons. The first-order valence-corrected chi connectivity index (χ1v) is 12.8. The predicted octanol–water partition coefficient (Wildman–Crippen LogP) is 2.86. The molecule has 0 radical (unpaired) electrons. The first-order valence-electron chi connectivity index (χ1n) is 12.8. The highest BCUT2D eigenvalue weighted by atomic mass is 17.2. The van der Waals surface area contributed by atoms with Crippen LogP contribution >= 0.6 is 0 Å². The Hall–Kier alpha value is -2.92. The van der Waals surface area contributed by atoms with Crippen molar-refractivity contribution in [1.29, 1.82) is 0 Å². The molecular weight excluding hydrogens is 478 g/mol. The first kappa shape index (κ1) is 24.4. The van der Waals surface area contributed by atoms with Crippen LogP contribution in [0, 0.1) is 0 Å². The number of rotatable bonds is 2. The second kappa shape index (κ2) is 8.04. The fourth-order valence-corrected chi connectivity index (χ4v) is 6.54. The van der Waals surface area contributed by atoms with Crippen LogP contribution in [-0.4, -0.2) is 67.4 Å². The van der Waals surface area contributed by atoms with Crippen LogP contribution in [0.15, 0.2) is 29.8 Å². The van der Waals surface area contributed by atoms with E-state index in [2.05, 4.69) is 0 Å². The third kappa shape index (κ3) is 3.26. The molecular formula is C27H33N3O7. The van der Waals surface area contributed by atoms with Gasteiger partial charge in [0.1, 0.15) is 23.5 Å². The third-order valence-electron chi connectivity index (χ3n) is 8.08. The zero-order chi connectivity index (χ0) is 26.4. The van der Waals surface area contributed by atoms with Gasteiger partial charge in [0, 0.05) is 30.0 Å². The van der Waals surface area contributed by atoms with E-state index in [1.807, 2.05) is 44.4 Å². The number of methoxy groups -OCH3 is 1. The van der Waals surface area contributed by atoms with Gasteiger partial charge in [0.2, 0.25) is 5.91 Å². The topological polar surface area (TPSA) is 114 Å². The van der Waals surface area contributed by atoms with E-state index in [9.17, 15) is 19.8 Å². The molecule has 2 aromatic rings. The molecule has 5 heterocycles. The number of ether oxygens (including phenoxy) is 1. The summed E-state index contributed by atoms with van der Waals surface area (Å²) >= 11 is 0.